The number of amidine groups is 2. The molecule has 0 radical (unpaired) electrons. The molecule has 5 rings (SSSR count). The number of aryl methyl sites for hydroxylation is 2. The second kappa shape index (κ2) is 14.7. The van der Waals surface area contributed by atoms with Gasteiger partial charge in [0.1, 0.15) is 23.2 Å². The van der Waals surface area contributed by atoms with Crippen molar-refractivity contribution in [3.05, 3.63) is 94.2 Å². The van der Waals surface area contributed by atoms with Gasteiger partial charge in [0.05, 0.1) is 11.1 Å². The molecule has 260 valence electrons. The molecule has 0 amide bonds. The van der Waals surface area contributed by atoms with Crippen LogP contribution >= 0.6 is 11.8 Å². The Hall–Kier alpha value is -4.32. The minimum absolute atomic E-state index is 0.0219. The van der Waals surface area contributed by atoms with Gasteiger partial charge in [0.2, 0.25) is 5.82 Å². The molecule has 0 unspecified atom stereocenters. The van der Waals surface area contributed by atoms with Crippen molar-refractivity contribution in [2.24, 2.45) is 21.1 Å². The molecule has 4 N–H and O–H groups in total. The maximum absolute atomic E-state index is 15.6. The third kappa shape index (κ3) is 7.79. The van der Waals surface area contributed by atoms with Crippen LogP contribution in [0, 0.1) is 28.7 Å². The Kier molecular flexibility index (Phi) is 10.8. The first-order valence-electron chi connectivity index (χ1n) is 16.1. The number of nitrogens with two attached hydrogens (primary N) is 1. The predicted octanol–water partition coefficient (Wildman–Crippen LogP) is 8.71. The van der Waals surface area contributed by atoms with Gasteiger partial charge in [0.15, 0.2) is 17.4 Å². The number of hydrogen-bond donors (Lipinski definition) is 3. The first kappa shape index (κ1) is 36.0. The zero-order chi connectivity index (χ0) is 35.5. The second-order valence-corrected chi connectivity index (χ2v) is 14.5. The van der Waals surface area contributed by atoms with Gasteiger partial charge in [-0.15, -0.1) is 0 Å². The monoisotopic (exact) mass is 696 g/mol. The molecule has 1 aromatic heterocycles. The van der Waals surface area contributed by atoms with Crippen molar-refractivity contribution in [1.82, 2.24) is 4.98 Å². The number of nitrogens with one attached hydrogen (secondary N) is 1. The van der Waals surface area contributed by atoms with Gasteiger partial charge < -0.3 is 20.6 Å². The Morgan fingerprint density at radius 1 is 1.08 bits per heavy atom. The molecule has 1 aliphatic heterocycles. The summed E-state index contributed by atoms with van der Waals surface area (Å²) in [7, 11) is 1.44. The summed E-state index contributed by atoms with van der Waals surface area (Å²) in [6, 6.07) is 11.2. The third-order valence-corrected chi connectivity index (χ3v) is 10.6. The lowest BCUT2D eigenvalue weighted by Gasteiger charge is -2.32. The van der Waals surface area contributed by atoms with Gasteiger partial charge in [-0.25, -0.2) is 18.2 Å². The molecule has 0 aliphatic carbocycles. The number of ether oxygens (including phenoxy) is 1. The summed E-state index contributed by atoms with van der Waals surface area (Å²) in [5.74, 6) is -4.07. The summed E-state index contributed by atoms with van der Waals surface area (Å²) in [5, 5.41) is 9.14. The molecule has 2 heterocycles. The summed E-state index contributed by atoms with van der Waals surface area (Å²) < 4.78 is 67.2. The van der Waals surface area contributed by atoms with Crippen LogP contribution in [0.5, 0.6) is 11.5 Å². The van der Waals surface area contributed by atoms with Gasteiger partial charge in [0, 0.05) is 36.0 Å². The van der Waals surface area contributed by atoms with E-state index in [4.69, 9.17) is 10.5 Å². The lowest BCUT2D eigenvalue weighted by molar-refractivity contribution is -0.136. The molecule has 2 bridgehead atoms. The van der Waals surface area contributed by atoms with E-state index in [-0.39, 0.29) is 57.7 Å². The number of rotatable bonds is 4. The van der Waals surface area contributed by atoms with Gasteiger partial charge in [-0.2, -0.15) is 16.2 Å². The Morgan fingerprint density at radius 2 is 1.86 bits per heavy atom. The summed E-state index contributed by atoms with van der Waals surface area (Å²) in [4.78, 5) is 22.6. The number of aliphatic carboxylic acids is 1. The highest BCUT2D eigenvalue weighted by molar-refractivity contribution is 7.99. The maximum atomic E-state index is 15.6. The van der Waals surface area contributed by atoms with Gasteiger partial charge in [0.25, 0.3) is 0 Å². The van der Waals surface area contributed by atoms with Crippen LogP contribution in [0.1, 0.15) is 68.7 Å². The first-order chi connectivity index (χ1) is 23.2. The highest BCUT2D eigenvalue weighted by atomic mass is 32.2. The number of carbonyl (C=O) groups is 1. The van der Waals surface area contributed by atoms with Gasteiger partial charge >= 0.3 is 5.97 Å². The summed E-state index contributed by atoms with van der Waals surface area (Å²) in [5.41, 5.74) is 7.30. The standard InChI is InChI=1S/C37H40F4N4O3S/c1-36(2)14-6-15-37(3,22-8-5-7-21(17-22)9-12-28(46)47)35(42)45-34(43-4)25-18-23(10-11-26(25)38)48-33-24(13-16-49-20-36)29-27(39)19-44-32(29)30(40)31(33)41/h5,7-8,10-11,17-19,44H,6,9,12-16,20H2,1-4H3,(H,46,47)(H2,42,43,45)/t37-/m1/s1. The number of thioether (sulfide) groups is 1. The summed E-state index contributed by atoms with van der Waals surface area (Å²) >= 11 is 1.62. The molecule has 1 atom stereocenters. The van der Waals surface area contributed by atoms with Crippen LogP contribution in [0.25, 0.3) is 10.9 Å². The molecule has 0 saturated carbocycles. The fourth-order valence-corrected chi connectivity index (χ4v) is 7.44. The van der Waals surface area contributed by atoms with E-state index < -0.39 is 40.4 Å². The van der Waals surface area contributed by atoms with Crippen LogP contribution in [0.2, 0.25) is 0 Å². The van der Waals surface area contributed by atoms with E-state index in [0.717, 1.165) is 42.0 Å². The number of hydrogen-bond acceptors (Lipinski definition) is 5. The third-order valence-electron chi connectivity index (χ3n) is 9.13. The van der Waals surface area contributed by atoms with Crippen LogP contribution in [0.4, 0.5) is 17.6 Å². The SMILES string of the molecule is CN=C1N=C(N)[C@@](C)(c2cccc(CCC(=O)O)c2)CCCC(C)(C)CSCCc2c(c(F)c(F)c3[nH]cc(F)c23)Oc2ccc(F)c1c2. The summed E-state index contributed by atoms with van der Waals surface area (Å²) in [6.07, 6.45) is 3.64. The molecule has 0 spiro atoms. The van der Waals surface area contributed by atoms with Gasteiger partial charge in [-0.3, -0.25) is 9.79 Å². The molecule has 4 aromatic rings. The highest BCUT2D eigenvalue weighted by Gasteiger charge is 2.33. The Bertz CT molecular complexity index is 1940. The molecule has 0 saturated heterocycles. The minimum Gasteiger partial charge on any atom is -0.481 e. The zero-order valence-electron chi connectivity index (χ0n) is 27.9. The Labute approximate surface area is 287 Å². The van der Waals surface area contributed by atoms with Gasteiger partial charge in [-0.1, -0.05) is 44.5 Å². The van der Waals surface area contributed by atoms with Crippen LogP contribution in [-0.2, 0) is 23.1 Å². The quantitative estimate of drug-likeness (QED) is 0.185. The molecule has 12 heteroatoms. The predicted molar refractivity (Wildman–Crippen MR) is 187 cm³/mol. The van der Waals surface area contributed by atoms with Crippen LogP contribution in [-0.4, -0.2) is 46.3 Å². The highest BCUT2D eigenvalue weighted by Crippen LogP contribution is 2.40. The fraction of sp³-hybridized carbons (Fsp3) is 0.378. The van der Waals surface area contributed by atoms with Gasteiger partial charge in [-0.05, 0) is 78.9 Å². The molecular weight excluding hydrogens is 656 g/mol. The number of H-pyrrole nitrogens is 1. The minimum atomic E-state index is -1.29. The number of benzene rings is 3. The smallest absolute Gasteiger partial charge is 0.303 e. The van der Waals surface area contributed by atoms with E-state index in [1.807, 2.05) is 31.2 Å². The molecule has 0 fully saturated rings. The number of aliphatic imine (C=N–C) groups is 2. The molecule has 3 aromatic carbocycles. The molecule has 1 aliphatic rings. The van der Waals surface area contributed by atoms with E-state index >= 15 is 17.6 Å². The van der Waals surface area contributed by atoms with Crippen LogP contribution < -0.4 is 10.5 Å². The zero-order valence-corrected chi connectivity index (χ0v) is 28.7. The topological polar surface area (TPSA) is 113 Å². The van der Waals surface area contributed by atoms with E-state index in [1.54, 1.807) is 11.8 Å². The largest absolute Gasteiger partial charge is 0.481 e. The molecule has 7 nitrogen and oxygen atoms in total. The van der Waals surface area contributed by atoms with Crippen molar-refractivity contribution in [2.75, 3.05) is 18.6 Å². The average molecular weight is 697 g/mol. The van der Waals surface area contributed by atoms with Crippen molar-refractivity contribution in [3.63, 3.8) is 0 Å². The molecular formula is C37H40F4N4O3S. The Morgan fingerprint density at radius 3 is 2.59 bits per heavy atom. The van der Waals surface area contributed by atoms with Crippen molar-refractivity contribution < 1.29 is 32.2 Å². The van der Waals surface area contributed by atoms with Crippen molar-refractivity contribution in [2.45, 2.75) is 64.7 Å². The average Bonchev–Trinajstić information content (AvgIpc) is 3.45. The molecule has 49 heavy (non-hydrogen) atoms. The fourth-order valence-electron chi connectivity index (χ4n) is 6.25. The van der Waals surface area contributed by atoms with Crippen molar-refractivity contribution >= 4 is 40.3 Å². The van der Waals surface area contributed by atoms with Crippen molar-refractivity contribution in [3.8, 4) is 11.5 Å². The lowest BCUT2D eigenvalue weighted by Crippen LogP contribution is -2.40. The van der Waals surface area contributed by atoms with E-state index in [9.17, 15) is 9.90 Å². The normalized spacial score (nSPS) is 19.8. The Balaban J connectivity index is 1.64. The number of nitrogens with zero attached hydrogens (tertiary/aromatic N) is 2. The second-order valence-electron chi connectivity index (χ2n) is 13.4. The van der Waals surface area contributed by atoms with Crippen LogP contribution in [0.3, 0.4) is 0 Å². The maximum Gasteiger partial charge on any atom is 0.303 e. The van der Waals surface area contributed by atoms with Crippen LogP contribution in [0.15, 0.2) is 58.6 Å². The number of aromatic amines is 1. The van der Waals surface area contributed by atoms with E-state index in [2.05, 4.69) is 28.8 Å². The van der Waals surface area contributed by atoms with E-state index in [1.165, 1.54) is 19.2 Å². The van der Waals surface area contributed by atoms with Crippen molar-refractivity contribution in [1.29, 1.82) is 0 Å². The summed E-state index contributed by atoms with van der Waals surface area (Å²) in [6.45, 7) is 6.25. The number of carboxylic acids is 1. The number of halogens is 4. The van der Waals surface area contributed by atoms with E-state index in [0.29, 0.717) is 18.6 Å². The number of fused-ring (bicyclic) bond motifs is 5. The first-order valence-corrected chi connectivity index (χ1v) is 17.2. The number of aromatic nitrogens is 1. The lowest BCUT2D eigenvalue weighted by atomic mass is 9.75. The number of carboxylic acid groups (broad SMARTS) is 1.